The van der Waals surface area contributed by atoms with Crippen LogP contribution in [0.5, 0.6) is 0 Å². The van der Waals surface area contributed by atoms with E-state index in [1.165, 1.54) is 0 Å². The number of rotatable bonds is 2. The summed E-state index contributed by atoms with van der Waals surface area (Å²) in [6.45, 7) is 0. The van der Waals surface area contributed by atoms with Crippen LogP contribution in [-0.2, 0) is 9.13 Å². The first-order chi connectivity index (χ1) is 4.63. The first-order valence-corrected chi connectivity index (χ1v) is 5.45. The summed E-state index contributed by atoms with van der Waals surface area (Å²) in [6.07, 6.45) is 0. The van der Waals surface area contributed by atoms with Gasteiger partial charge in [0, 0.05) is 0 Å². The topological polar surface area (TPSA) is 135 Å². The van der Waals surface area contributed by atoms with E-state index >= 15 is 0 Å². The van der Waals surface area contributed by atoms with E-state index in [1.54, 1.807) is 0 Å². The van der Waals surface area contributed by atoms with Crippen molar-refractivity contribution in [2.45, 2.75) is 0 Å². The quantitative estimate of drug-likeness (QED) is 0.233. The first-order valence-electron chi connectivity index (χ1n) is 2.16. The molecule has 0 saturated carbocycles. The SMILES string of the molecule is O=P(O)(O)C=C(O)P(=O)(O)O.[NaH]. The number of aliphatic hydroxyl groups excluding tert-OH is 1. The van der Waals surface area contributed by atoms with Gasteiger partial charge in [-0.25, -0.2) is 0 Å². The van der Waals surface area contributed by atoms with Crippen LogP contribution in [0, 0.1) is 0 Å². The summed E-state index contributed by atoms with van der Waals surface area (Å²) in [5.41, 5.74) is -1.62. The van der Waals surface area contributed by atoms with E-state index in [0.29, 0.717) is 0 Å². The second-order valence-electron chi connectivity index (χ2n) is 1.62. The standard InChI is InChI=1S/C2H6O7P2.Na.H/c3-2(11(7,8)9)1-10(4,5)6;;/h1,3H,(H2,4,5,6)(H2,7,8,9);;. The molecule has 0 radical (unpaired) electrons. The fourth-order valence-corrected chi connectivity index (χ4v) is 1.58. The van der Waals surface area contributed by atoms with Gasteiger partial charge in [0.15, 0.2) is 0 Å². The molecule has 0 aromatic rings. The Labute approximate surface area is 89.7 Å². The van der Waals surface area contributed by atoms with E-state index in [0.717, 1.165) is 0 Å². The molecule has 0 aliphatic carbocycles. The Morgan fingerprint density at radius 1 is 1.08 bits per heavy atom. The average molecular weight is 228 g/mol. The molecule has 68 valence electrons. The van der Waals surface area contributed by atoms with Gasteiger partial charge in [0.2, 0.25) is 5.50 Å². The fraction of sp³-hybridized carbons (Fsp3) is 0. The van der Waals surface area contributed by atoms with Gasteiger partial charge < -0.3 is 24.7 Å². The predicted octanol–water partition coefficient (Wildman–Crippen LogP) is -0.950. The molecule has 0 aromatic heterocycles. The van der Waals surface area contributed by atoms with Gasteiger partial charge in [0.1, 0.15) is 0 Å². The van der Waals surface area contributed by atoms with E-state index in [1.807, 2.05) is 0 Å². The summed E-state index contributed by atoms with van der Waals surface area (Å²) < 4.78 is 20.0. The zero-order valence-electron chi connectivity index (χ0n) is 5.02. The second kappa shape index (κ2) is 4.91. The molecule has 0 saturated heterocycles. The molecule has 0 amide bonds. The number of hydrogen-bond acceptors (Lipinski definition) is 3. The predicted molar refractivity (Wildman–Crippen MR) is 41.9 cm³/mol. The summed E-state index contributed by atoms with van der Waals surface area (Å²) in [6, 6.07) is 0. The van der Waals surface area contributed by atoms with Crippen molar-refractivity contribution in [3.05, 3.63) is 11.3 Å². The van der Waals surface area contributed by atoms with Crippen LogP contribution in [-0.4, -0.2) is 54.2 Å². The van der Waals surface area contributed by atoms with Crippen molar-refractivity contribution in [1.29, 1.82) is 0 Å². The molecule has 0 fully saturated rings. The van der Waals surface area contributed by atoms with Gasteiger partial charge in [0.25, 0.3) is 0 Å². The molecule has 0 unspecified atom stereocenters. The minimum atomic E-state index is -4.93. The summed E-state index contributed by atoms with van der Waals surface area (Å²) in [7, 11) is -9.65. The summed E-state index contributed by atoms with van der Waals surface area (Å²) in [5, 5.41) is 8.33. The van der Waals surface area contributed by atoms with Gasteiger partial charge in [-0.15, -0.1) is 0 Å². The van der Waals surface area contributed by atoms with Gasteiger partial charge in [0.05, 0.1) is 5.82 Å². The Kier molecular flexibility index (Phi) is 6.26. The van der Waals surface area contributed by atoms with Crippen LogP contribution in [0.15, 0.2) is 11.3 Å². The van der Waals surface area contributed by atoms with Crippen molar-refractivity contribution in [3.8, 4) is 0 Å². The average Bonchev–Trinajstić information content (AvgIpc) is 1.56. The summed E-state index contributed by atoms with van der Waals surface area (Å²) >= 11 is 0. The number of aliphatic hydroxyl groups is 1. The molecule has 7 nitrogen and oxygen atoms in total. The monoisotopic (exact) mass is 228 g/mol. The Morgan fingerprint density at radius 2 is 1.42 bits per heavy atom. The molecule has 0 aliphatic rings. The number of hydrogen-bond donors (Lipinski definition) is 5. The van der Waals surface area contributed by atoms with Crippen LogP contribution in [0.25, 0.3) is 0 Å². The van der Waals surface area contributed by atoms with Crippen molar-refractivity contribution in [1.82, 2.24) is 0 Å². The summed E-state index contributed by atoms with van der Waals surface area (Å²) in [4.78, 5) is 32.4. The van der Waals surface area contributed by atoms with Gasteiger partial charge in [-0.3, -0.25) is 9.13 Å². The molecule has 0 aromatic carbocycles. The van der Waals surface area contributed by atoms with Crippen LogP contribution in [0.2, 0.25) is 0 Å². The maximum absolute atomic E-state index is 10.0. The fourth-order valence-electron chi connectivity index (χ4n) is 0.226. The van der Waals surface area contributed by atoms with Crippen molar-refractivity contribution in [2.24, 2.45) is 0 Å². The first kappa shape index (κ1) is 15.3. The third-order valence-electron chi connectivity index (χ3n) is 0.582. The molecule has 0 atom stereocenters. The van der Waals surface area contributed by atoms with E-state index in [4.69, 9.17) is 24.7 Å². The van der Waals surface area contributed by atoms with Crippen LogP contribution >= 0.6 is 15.2 Å². The van der Waals surface area contributed by atoms with Gasteiger partial charge in [-0.2, -0.15) is 0 Å². The molecular weight excluding hydrogens is 221 g/mol. The van der Waals surface area contributed by atoms with Crippen LogP contribution < -0.4 is 0 Å². The molecule has 0 bridgehead atoms. The Hall–Kier alpha value is 0.840. The van der Waals surface area contributed by atoms with Gasteiger partial charge in [-0.05, 0) is 0 Å². The normalized spacial score (nSPS) is 13.8. The molecule has 0 aliphatic heterocycles. The molecule has 0 heterocycles. The van der Waals surface area contributed by atoms with Crippen LogP contribution in [0.1, 0.15) is 0 Å². The van der Waals surface area contributed by atoms with Crippen LogP contribution in [0.3, 0.4) is 0 Å². The maximum atomic E-state index is 10.0. The Balaban J connectivity index is 0. The molecular formula is C2H7NaO7P2. The molecule has 12 heavy (non-hydrogen) atoms. The Morgan fingerprint density at radius 3 is 1.50 bits per heavy atom. The van der Waals surface area contributed by atoms with Gasteiger partial charge >= 0.3 is 44.7 Å². The Bertz CT molecular complexity index is 259. The van der Waals surface area contributed by atoms with Gasteiger partial charge in [-0.1, -0.05) is 0 Å². The third-order valence-corrected chi connectivity index (χ3v) is 2.09. The molecule has 0 spiro atoms. The van der Waals surface area contributed by atoms with Crippen molar-refractivity contribution in [3.63, 3.8) is 0 Å². The zero-order valence-corrected chi connectivity index (χ0v) is 6.81. The van der Waals surface area contributed by atoms with Crippen molar-refractivity contribution in [2.75, 3.05) is 0 Å². The van der Waals surface area contributed by atoms with Crippen molar-refractivity contribution < 1.29 is 33.8 Å². The molecule has 0 rings (SSSR count). The van der Waals surface area contributed by atoms with Crippen molar-refractivity contribution >= 4 is 44.7 Å². The zero-order chi connectivity index (χ0) is 9.28. The molecule has 5 N–H and O–H groups in total. The third kappa shape index (κ3) is 7.49. The summed E-state index contributed by atoms with van der Waals surface area (Å²) in [5.74, 6) is -0.187. The van der Waals surface area contributed by atoms with E-state index in [2.05, 4.69) is 0 Å². The second-order valence-corrected chi connectivity index (χ2v) is 4.60. The van der Waals surface area contributed by atoms with E-state index < -0.39 is 20.7 Å². The molecule has 10 heteroatoms. The minimum absolute atomic E-state index is 0. The van der Waals surface area contributed by atoms with E-state index in [-0.39, 0.29) is 35.4 Å². The van der Waals surface area contributed by atoms with E-state index in [9.17, 15) is 9.13 Å². The van der Waals surface area contributed by atoms with Crippen LogP contribution in [0.4, 0.5) is 0 Å².